The second-order valence-electron chi connectivity index (χ2n) is 5.55. The van der Waals surface area contributed by atoms with Crippen LogP contribution in [0.1, 0.15) is 41.7 Å². The first kappa shape index (κ1) is 14.5. The topological polar surface area (TPSA) is 58.1 Å². The Labute approximate surface area is 130 Å². The van der Waals surface area contributed by atoms with Crippen LogP contribution in [-0.4, -0.2) is 33.9 Å². The summed E-state index contributed by atoms with van der Waals surface area (Å²) in [5, 5.41) is 3.33. The van der Waals surface area contributed by atoms with E-state index in [1.165, 1.54) is 0 Å². The molecule has 3 rings (SSSR count). The number of hydrogen-bond donors (Lipinski definition) is 1. The van der Waals surface area contributed by atoms with E-state index in [1.54, 1.807) is 12.4 Å². The molecule has 1 aliphatic rings. The van der Waals surface area contributed by atoms with Gasteiger partial charge < -0.3 is 10.2 Å². The van der Waals surface area contributed by atoms with Gasteiger partial charge in [0.2, 0.25) is 0 Å². The Morgan fingerprint density at radius 2 is 2.00 bits per heavy atom. The molecule has 0 saturated carbocycles. The van der Waals surface area contributed by atoms with E-state index < -0.39 is 0 Å². The van der Waals surface area contributed by atoms with E-state index in [0.29, 0.717) is 11.4 Å². The highest BCUT2D eigenvalue weighted by molar-refractivity contribution is 5.98. The third-order valence-electron chi connectivity index (χ3n) is 3.97. The fraction of sp³-hybridized carbons (Fsp3) is 0.353. The first-order valence-electron chi connectivity index (χ1n) is 7.66. The molecule has 5 nitrogen and oxygen atoms in total. The van der Waals surface area contributed by atoms with Crippen LogP contribution in [0.4, 0.5) is 5.82 Å². The summed E-state index contributed by atoms with van der Waals surface area (Å²) >= 11 is 0. The van der Waals surface area contributed by atoms with Crippen LogP contribution in [0.2, 0.25) is 0 Å². The van der Waals surface area contributed by atoms with Crippen LogP contribution in [0.15, 0.2) is 42.9 Å². The number of rotatable bonds is 4. The van der Waals surface area contributed by atoms with Crippen molar-refractivity contribution in [2.45, 2.75) is 25.8 Å². The number of likely N-dealkylation sites (tertiary alicyclic amines) is 1. The molecule has 1 saturated heterocycles. The van der Waals surface area contributed by atoms with Gasteiger partial charge in [-0.1, -0.05) is 6.07 Å². The average Bonchev–Trinajstić information content (AvgIpc) is 3.10. The largest absolute Gasteiger partial charge is 0.363 e. The summed E-state index contributed by atoms with van der Waals surface area (Å²) in [4.78, 5) is 23.0. The number of hydrogen-bond acceptors (Lipinski definition) is 4. The number of aromatic nitrogens is 2. The van der Waals surface area contributed by atoms with E-state index >= 15 is 0 Å². The number of nitrogens with one attached hydrogen (secondary N) is 1. The Bertz CT molecular complexity index is 638. The molecular weight excluding hydrogens is 276 g/mol. The zero-order valence-electron chi connectivity index (χ0n) is 12.7. The van der Waals surface area contributed by atoms with Crippen LogP contribution in [0.3, 0.4) is 0 Å². The molecule has 2 aromatic rings. The van der Waals surface area contributed by atoms with Crippen molar-refractivity contribution in [1.29, 1.82) is 0 Å². The highest BCUT2D eigenvalue weighted by Crippen LogP contribution is 2.22. The maximum atomic E-state index is 12.6. The number of carbonyl (C=O) groups excluding carboxylic acids is 1. The smallest absolute Gasteiger partial charge is 0.257 e. The Balaban J connectivity index is 1.80. The molecule has 114 valence electrons. The molecule has 0 aromatic carbocycles. The summed E-state index contributed by atoms with van der Waals surface area (Å²) in [5.74, 6) is 0.697. The van der Waals surface area contributed by atoms with Crippen LogP contribution < -0.4 is 5.32 Å². The van der Waals surface area contributed by atoms with Gasteiger partial charge in [-0.25, -0.2) is 4.98 Å². The number of carbonyl (C=O) groups is 1. The molecule has 1 amide bonds. The molecule has 0 spiro atoms. The van der Waals surface area contributed by atoms with E-state index in [4.69, 9.17) is 0 Å². The SMILES string of the molecule is CC(Nc1ncccc1C(=O)N1CCCC1)c1cccnc1. The Hall–Kier alpha value is -2.43. The number of nitrogens with zero attached hydrogens (tertiary/aromatic N) is 3. The van der Waals surface area contributed by atoms with Crippen molar-refractivity contribution in [3.8, 4) is 0 Å². The number of pyridine rings is 2. The van der Waals surface area contributed by atoms with Gasteiger partial charge in [-0.05, 0) is 43.5 Å². The van der Waals surface area contributed by atoms with Gasteiger partial charge in [0.1, 0.15) is 5.82 Å². The van der Waals surface area contributed by atoms with E-state index in [2.05, 4.69) is 15.3 Å². The first-order valence-corrected chi connectivity index (χ1v) is 7.66. The van der Waals surface area contributed by atoms with Crippen molar-refractivity contribution in [2.24, 2.45) is 0 Å². The Morgan fingerprint density at radius 1 is 1.23 bits per heavy atom. The van der Waals surface area contributed by atoms with Gasteiger partial charge in [0, 0.05) is 31.7 Å². The van der Waals surface area contributed by atoms with Crippen LogP contribution in [0.25, 0.3) is 0 Å². The molecular formula is C17H20N4O. The Kier molecular flexibility index (Phi) is 4.32. The van der Waals surface area contributed by atoms with Gasteiger partial charge in [-0.15, -0.1) is 0 Å². The van der Waals surface area contributed by atoms with E-state index in [0.717, 1.165) is 31.5 Å². The lowest BCUT2D eigenvalue weighted by molar-refractivity contribution is 0.0793. The van der Waals surface area contributed by atoms with Gasteiger partial charge in [0.15, 0.2) is 0 Å². The standard InChI is InChI=1S/C17H20N4O/c1-13(14-6-4-8-18-12-14)20-16-15(7-5-9-19-16)17(22)21-10-2-3-11-21/h4-9,12-13H,2-3,10-11H2,1H3,(H,19,20). The van der Waals surface area contributed by atoms with Crippen molar-refractivity contribution in [3.63, 3.8) is 0 Å². The highest BCUT2D eigenvalue weighted by atomic mass is 16.2. The van der Waals surface area contributed by atoms with E-state index in [9.17, 15) is 4.79 Å². The lowest BCUT2D eigenvalue weighted by Gasteiger charge is -2.20. The van der Waals surface area contributed by atoms with E-state index in [-0.39, 0.29) is 11.9 Å². The molecule has 0 aliphatic carbocycles. The van der Waals surface area contributed by atoms with Crippen molar-refractivity contribution in [3.05, 3.63) is 54.0 Å². The normalized spacial score (nSPS) is 15.6. The third-order valence-corrected chi connectivity index (χ3v) is 3.97. The highest BCUT2D eigenvalue weighted by Gasteiger charge is 2.22. The van der Waals surface area contributed by atoms with Crippen LogP contribution >= 0.6 is 0 Å². The maximum absolute atomic E-state index is 12.6. The minimum Gasteiger partial charge on any atom is -0.363 e. The molecule has 22 heavy (non-hydrogen) atoms. The zero-order valence-corrected chi connectivity index (χ0v) is 12.7. The Morgan fingerprint density at radius 3 is 2.73 bits per heavy atom. The molecule has 0 radical (unpaired) electrons. The summed E-state index contributed by atoms with van der Waals surface area (Å²) in [7, 11) is 0. The van der Waals surface area contributed by atoms with Crippen LogP contribution in [0.5, 0.6) is 0 Å². The van der Waals surface area contributed by atoms with Crippen molar-refractivity contribution >= 4 is 11.7 Å². The lowest BCUT2D eigenvalue weighted by atomic mass is 10.1. The molecule has 1 N–H and O–H groups in total. The van der Waals surface area contributed by atoms with Gasteiger partial charge in [0.25, 0.3) is 5.91 Å². The van der Waals surface area contributed by atoms with Gasteiger partial charge in [-0.3, -0.25) is 9.78 Å². The molecule has 2 aromatic heterocycles. The minimum absolute atomic E-state index is 0.0359. The molecule has 3 heterocycles. The van der Waals surface area contributed by atoms with Crippen molar-refractivity contribution in [1.82, 2.24) is 14.9 Å². The number of amides is 1. The second-order valence-corrected chi connectivity index (χ2v) is 5.55. The third kappa shape index (κ3) is 3.08. The fourth-order valence-corrected chi connectivity index (χ4v) is 2.70. The molecule has 5 heteroatoms. The summed E-state index contributed by atoms with van der Waals surface area (Å²) in [6.45, 7) is 3.71. The molecule has 1 unspecified atom stereocenters. The lowest BCUT2D eigenvalue weighted by Crippen LogP contribution is -2.28. The predicted octanol–water partition coefficient (Wildman–Crippen LogP) is 2.89. The number of anilines is 1. The molecule has 1 fully saturated rings. The summed E-state index contributed by atoms with van der Waals surface area (Å²) in [6.07, 6.45) is 7.45. The second kappa shape index (κ2) is 6.56. The first-order chi connectivity index (χ1) is 10.8. The van der Waals surface area contributed by atoms with Crippen LogP contribution in [-0.2, 0) is 0 Å². The van der Waals surface area contributed by atoms with Gasteiger partial charge >= 0.3 is 0 Å². The quantitative estimate of drug-likeness (QED) is 0.942. The summed E-state index contributed by atoms with van der Waals surface area (Å²) < 4.78 is 0. The molecule has 0 bridgehead atoms. The maximum Gasteiger partial charge on any atom is 0.257 e. The van der Waals surface area contributed by atoms with Crippen molar-refractivity contribution < 1.29 is 4.79 Å². The van der Waals surface area contributed by atoms with Gasteiger partial charge in [-0.2, -0.15) is 0 Å². The summed E-state index contributed by atoms with van der Waals surface area (Å²) in [5.41, 5.74) is 1.70. The predicted molar refractivity (Wildman–Crippen MR) is 85.6 cm³/mol. The summed E-state index contributed by atoms with van der Waals surface area (Å²) in [6, 6.07) is 7.60. The van der Waals surface area contributed by atoms with E-state index in [1.807, 2.05) is 42.3 Å². The fourth-order valence-electron chi connectivity index (χ4n) is 2.70. The van der Waals surface area contributed by atoms with Gasteiger partial charge in [0.05, 0.1) is 11.6 Å². The monoisotopic (exact) mass is 296 g/mol. The van der Waals surface area contributed by atoms with Crippen molar-refractivity contribution in [2.75, 3.05) is 18.4 Å². The molecule has 1 aliphatic heterocycles. The zero-order chi connectivity index (χ0) is 15.4. The molecule has 1 atom stereocenters. The van der Waals surface area contributed by atoms with Crippen LogP contribution in [0, 0.1) is 0 Å². The minimum atomic E-state index is 0.0359. The average molecular weight is 296 g/mol.